The van der Waals surface area contributed by atoms with Crippen molar-refractivity contribution in [2.75, 3.05) is 5.32 Å². The lowest BCUT2D eigenvalue weighted by Gasteiger charge is -2.03. The number of alkyl halides is 2. The summed E-state index contributed by atoms with van der Waals surface area (Å²) in [6.07, 6.45) is 1.42. The van der Waals surface area contributed by atoms with Crippen LogP contribution in [0.3, 0.4) is 0 Å². The van der Waals surface area contributed by atoms with Crippen LogP contribution in [0.15, 0.2) is 58.7 Å². The molecule has 5 nitrogen and oxygen atoms in total. The summed E-state index contributed by atoms with van der Waals surface area (Å²) in [5.74, 6) is -0.253. The molecule has 116 valence electrons. The smallest absolute Gasteiger partial charge is 0.387 e. The number of ether oxygens (including phenoxy) is 1. The van der Waals surface area contributed by atoms with Gasteiger partial charge in [-0.1, -0.05) is 18.2 Å². The number of anilines is 1. The average molecular weight is 315 g/mol. The Bertz CT molecular complexity index is 786. The monoisotopic (exact) mass is 315 g/mol. The lowest BCUT2D eigenvalue weighted by atomic mass is 10.1. The van der Waals surface area contributed by atoms with Gasteiger partial charge in [0.25, 0.3) is 5.91 Å². The fourth-order valence-electron chi connectivity index (χ4n) is 2.09. The predicted molar refractivity (Wildman–Crippen MR) is 82.3 cm³/mol. The molecule has 0 saturated heterocycles. The number of fused-ring (bicyclic) bond motifs is 1. The number of hydrogen-bond acceptors (Lipinski definition) is 4. The van der Waals surface area contributed by atoms with Crippen LogP contribution in [0.25, 0.3) is 0 Å². The van der Waals surface area contributed by atoms with Crippen molar-refractivity contribution < 1.29 is 18.3 Å². The van der Waals surface area contributed by atoms with E-state index in [1.165, 1.54) is 18.3 Å². The summed E-state index contributed by atoms with van der Waals surface area (Å²) in [5.41, 5.74) is 2.26. The quantitative estimate of drug-likeness (QED) is 0.696. The van der Waals surface area contributed by atoms with E-state index >= 15 is 0 Å². The molecule has 1 N–H and O–H groups in total. The first-order chi connectivity index (χ1) is 11.1. The third kappa shape index (κ3) is 3.39. The normalized spacial score (nSPS) is 15.3. The zero-order valence-corrected chi connectivity index (χ0v) is 11.7. The Morgan fingerprint density at radius 3 is 2.57 bits per heavy atom. The number of hydrogen-bond donors (Lipinski definition) is 1. The van der Waals surface area contributed by atoms with Crippen molar-refractivity contribution in [3.63, 3.8) is 0 Å². The second kappa shape index (κ2) is 6.35. The van der Waals surface area contributed by atoms with Crippen LogP contribution in [-0.2, 0) is 4.79 Å². The van der Waals surface area contributed by atoms with Crippen LogP contribution in [-0.4, -0.2) is 24.4 Å². The number of carbonyl (C=O) groups is 1. The number of rotatable bonds is 4. The molecule has 3 rings (SSSR count). The molecule has 0 atom stereocenters. The van der Waals surface area contributed by atoms with Gasteiger partial charge in [-0.3, -0.25) is 4.79 Å². The zero-order valence-electron chi connectivity index (χ0n) is 11.7. The third-order valence-corrected chi connectivity index (χ3v) is 3.12. The van der Waals surface area contributed by atoms with Gasteiger partial charge in [-0.25, -0.2) is 0 Å². The first kappa shape index (κ1) is 14.8. The summed E-state index contributed by atoms with van der Waals surface area (Å²) in [6.45, 7) is -2.86. The van der Waals surface area contributed by atoms with Gasteiger partial charge in [0.15, 0.2) is 5.71 Å². The summed E-state index contributed by atoms with van der Waals surface area (Å²) in [5, 5.41) is 10.5. The number of benzene rings is 2. The minimum atomic E-state index is -2.86. The lowest BCUT2D eigenvalue weighted by Crippen LogP contribution is -2.13. The van der Waals surface area contributed by atoms with Gasteiger partial charge in [0.1, 0.15) is 5.75 Å². The molecule has 0 saturated carbocycles. The van der Waals surface area contributed by atoms with Gasteiger partial charge < -0.3 is 10.1 Å². The van der Waals surface area contributed by atoms with Crippen LogP contribution >= 0.6 is 0 Å². The van der Waals surface area contributed by atoms with Crippen molar-refractivity contribution in [1.82, 2.24) is 0 Å². The van der Waals surface area contributed by atoms with E-state index in [-0.39, 0.29) is 17.4 Å². The van der Waals surface area contributed by atoms with Gasteiger partial charge in [-0.05, 0) is 35.9 Å². The highest BCUT2D eigenvalue weighted by molar-refractivity contribution is 6.53. The van der Waals surface area contributed by atoms with E-state index in [1.54, 1.807) is 30.3 Å². The second-order valence-corrected chi connectivity index (χ2v) is 4.64. The fraction of sp³-hybridized carbons (Fsp3) is 0.0625. The molecular weight excluding hydrogens is 304 g/mol. The van der Waals surface area contributed by atoms with Crippen LogP contribution in [0.2, 0.25) is 0 Å². The Morgan fingerprint density at radius 2 is 1.83 bits per heavy atom. The highest BCUT2D eigenvalue weighted by Crippen LogP contribution is 2.22. The summed E-state index contributed by atoms with van der Waals surface area (Å²) >= 11 is 0. The fourth-order valence-corrected chi connectivity index (χ4v) is 2.09. The maximum Gasteiger partial charge on any atom is 0.387 e. The minimum Gasteiger partial charge on any atom is -0.435 e. The van der Waals surface area contributed by atoms with Crippen LogP contribution in [0, 0.1) is 0 Å². The van der Waals surface area contributed by atoms with Crippen LogP contribution in [0.5, 0.6) is 5.75 Å². The Morgan fingerprint density at radius 1 is 1.09 bits per heavy atom. The van der Waals surface area contributed by atoms with Crippen LogP contribution in [0.1, 0.15) is 11.1 Å². The minimum absolute atomic E-state index is 0.0626. The van der Waals surface area contributed by atoms with E-state index in [0.717, 1.165) is 0 Å². The van der Waals surface area contributed by atoms with Gasteiger partial charge in [0, 0.05) is 5.56 Å². The molecule has 1 heterocycles. The molecule has 0 fully saturated rings. The molecule has 7 heteroatoms. The highest BCUT2D eigenvalue weighted by atomic mass is 19.3. The topological polar surface area (TPSA) is 63.0 Å². The third-order valence-electron chi connectivity index (χ3n) is 3.12. The van der Waals surface area contributed by atoms with Crippen molar-refractivity contribution in [3.05, 3.63) is 59.7 Å². The molecule has 0 bridgehead atoms. The first-order valence-corrected chi connectivity index (χ1v) is 6.70. The summed E-state index contributed by atoms with van der Waals surface area (Å²) in [7, 11) is 0. The molecule has 23 heavy (non-hydrogen) atoms. The van der Waals surface area contributed by atoms with Crippen LogP contribution < -0.4 is 10.1 Å². The summed E-state index contributed by atoms with van der Waals surface area (Å²) in [4.78, 5) is 11.8. The number of nitrogens with zero attached hydrogens (tertiary/aromatic N) is 2. The van der Waals surface area contributed by atoms with Crippen LogP contribution in [0.4, 0.5) is 14.5 Å². The van der Waals surface area contributed by atoms with Crippen molar-refractivity contribution >= 4 is 23.5 Å². The molecule has 0 unspecified atom stereocenters. The molecule has 0 radical (unpaired) electrons. The maximum atomic E-state index is 12.1. The van der Waals surface area contributed by atoms with E-state index in [1.807, 2.05) is 6.07 Å². The molecule has 0 aromatic heterocycles. The van der Waals surface area contributed by atoms with Crippen molar-refractivity contribution in [2.24, 2.45) is 10.2 Å². The highest BCUT2D eigenvalue weighted by Gasteiger charge is 2.25. The van der Waals surface area contributed by atoms with E-state index < -0.39 is 6.61 Å². The first-order valence-electron chi connectivity index (χ1n) is 6.70. The summed E-state index contributed by atoms with van der Waals surface area (Å²) in [6, 6.07) is 13.1. The van der Waals surface area contributed by atoms with Crippen molar-refractivity contribution in [2.45, 2.75) is 6.61 Å². The molecule has 0 spiro atoms. The molecule has 0 aliphatic carbocycles. The Hall–Kier alpha value is -3.09. The molecule has 2 aromatic rings. The van der Waals surface area contributed by atoms with Gasteiger partial charge in [-0.15, -0.1) is 5.10 Å². The SMILES string of the molecule is O=C1Nc2ccccc2/C1=N/N=C\c1ccc(OC(F)F)cc1. The molecule has 1 amide bonds. The zero-order chi connectivity index (χ0) is 16.2. The van der Waals surface area contributed by atoms with E-state index in [0.29, 0.717) is 16.8 Å². The van der Waals surface area contributed by atoms with Gasteiger partial charge in [0.05, 0.1) is 11.9 Å². The van der Waals surface area contributed by atoms with E-state index in [9.17, 15) is 13.6 Å². The predicted octanol–water partition coefficient (Wildman–Crippen LogP) is 3.06. The lowest BCUT2D eigenvalue weighted by molar-refractivity contribution is -0.110. The number of nitrogens with one attached hydrogen (secondary N) is 1. The Balaban J connectivity index is 1.75. The van der Waals surface area contributed by atoms with Gasteiger partial charge in [0.2, 0.25) is 0 Å². The van der Waals surface area contributed by atoms with E-state index in [4.69, 9.17) is 0 Å². The number of halogens is 2. The largest absolute Gasteiger partial charge is 0.435 e. The Labute approximate surface area is 130 Å². The van der Waals surface area contributed by atoms with Gasteiger partial charge in [-0.2, -0.15) is 13.9 Å². The second-order valence-electron chi connectivity index (χ2n) is 4.64. The molecule has 2 aromatic carbocycles. The maximum absolute atomic E-state index is 12.1. The molecular formula is C16H11F2N3O2. The number of amides is 1. The van der Waals surface area contributed by atoms with Crippen molar-refractivity contribution in [3.8, 4) is 5.75 Å². The summed E-state index contributed by atoms with van der Waals surface area (Å²) < 4.78 is 28.4. The Kier molecular flexibility index (Phi) is 4.09. The molecule has 1 aliphatic rings. The van der Waals surface area contributed by atoms with Gasteiger partial charge >= 0.3 is 6.61 Å². The standard InChI is InChI=1S/C16H11F2N3O2/c17-16(18)23-11-7-5-10(6-8-11)9-19-21-14-12-3-1-2-4-13(12)20-15(14)22/h1-9,16H,(H,20,21,22)/b19-9-. The van der Waals surface area contributed by atoms with E-state index in [2.05, 4.69) is 20.3 Å². The molecule has 1 aliphatic heterocycles. The van der Waals surface area contributed by atoms with Crippen molar-refractivity contribution in [1.29, 1.82) is 0 Å². The number of para-hydroxylation sites is 1. The number of carbonyl (C=O) groups excluding carboxylic acids is 1. The average Bonchev–Trinajstić information content (AvgIpc) is 2.84.